The number of pyridine rings is 1. The van der Waals surface area contributed by atoms with Crippen LogP contribution in [0.25, 0.3) is 0 Å². The Hall–Kier alpha value is -3.14. The Morgan fingerprint density at radius 2 is 1.93 bits per heavy atom. The molecule has 1 aromatic heterocycles. The Balaban J connectivity index is 2.13. The van der Waals surface area contributed by atoms with Crippen LogP contribution >= 0.6 is 15.9 Å². The van der Waals surface area contributed by atoms with Crippen molar-refractivity contribution >= 4 is 33.8 Å². The Bertz CT molecular complexity index is 969. The number of carboxylic acids is 1. The van der Waals surface area contributed by atoms with Gasteiger partial charge in [-0.2, -0.15) is 0 Å². The van der Waals surface area contributed by atoms with E-state index in [1.807, 2.05) is 24.3 Å². The van der Waals surface area contributed by atoms with Crippen molar-refractivity contribution < 1.29 is 14.7 Å². The fourth-order valence-electron chi connectivity index (χ4n) is 2.64. The number of aliphatic imine (C=N–C) groups is 1. The van der Waals surface area contributed by atoms with Gasteiger partial charge in [0.25, 0.3) is 11.5 Å². The first-order valence-electron chi connectivity index (χ1n) is 8.81. The fourth-order valence-corrected chi connectivity index (χ4v) is 3.05. The van der Waals surface area contributed by atoms with E-state index in [-0.39, 0.29) is 31.0 Å². The highest BCUT2D eigenvalue weighted by molar-refractivity contribution is 9.10. The van der Waals surface area contributed by atoms with E-state index >= 15 is 0 Å². The second kappa shape index (κ2) is 10.4. The highest BCUT2D eigenvalue weighted by atomic mass is 79.9. The van der Waals surface area contributed by atoms with Gasteiger partial charge in [-0.25, -0.2) is 4.79 Å². The van der Waals surface area contributed by atoms with Gasteiger partial charge in [-0.15, -0.1) is 0 Å². The number of carboxylic acid groups (broad SMARTS) is 1. The molecule has 0 fully saturated rings. The molecule has 9 nitrogen and oxygen atoms in total. The molecule has 6 N–H and O–H groups in total. The van der Waals surface area contributed by atoms with Crippen LogP contribution in [0.5, 0.6) is 0 Å². The highest BCUT2D eigenvalue weighted by Gasteiger charge is 2.22. The first-order valence-corrected chi connectivity index (χ1v) is 9.61. The zero-order valence-corrected chi connectivity index (χ0v) is 17.1. The molecule has 1 heterocycles. The van der Waals surface area contributed by atoms with E-state index in [1.54, 1.807) is 12.3 Å². The molecule has 10 heteroatoms. The average Bonchev–Trinajstić information content (AvgIpc) is 2.67. The van der Waals surface area contributed by atoms with Gasteiger partial charge < -0.3 is 26.5 Å². The van der Waals surface area contributed by atoms with Crippen molar-refractivity contribution in [2.75, 3.05) is 6.54 Å². The smallest absolute Gasteiger partial charge is 0.326 e. The molecule has 0 saturated carbocycles. The van der Waals surface area contributed by atoms with Gasteiger partial charge in [-0.1, -0.05) is 34.1 Å². The van der Waals surface area contributed by atoms with Crippen molar-refractivity contribution in [2.24, 2.45) is 16.5 Å². The van der Waals surface area contributed by atoms with Crippen molar-refractivity contribution in [1.29, 1.82) is 0 Å². The number of rotatable bonds is 9. The van der Waals surface area contributed by atoms with E-state index < -0.39 is 23.5 Å². The lowest BCUT2D eigenvalue weighted by atomic mass is 10.1. The van der Waals surface area contributed by atoms with Crippen molar-refractivity contribution in [2.45, 2.75) is 25.4 Å². The number of hydrogen-bond acceptors (Lipinski definition) is 4. The molecule has 1 atom stereocenters. The predicted octanol–water partition coefficient (Wildman–Crippen LogP) is 0.896. The van der Waals surface area contributed by atoms with Crippen molar-refractivity contribution in [3.63, 3.8) is 0 Å². The highest BCUT2D eigenvalue weighted by Crippen LogP contribution is 2.16. The Kier molecular flexibility index (Phi) is 7.96. The minimum absolute atomic E-state index is 0.0872. The van der Waals surface area contributed by atoms with Crippen LogP contribution in [-0.2, 0) is 11.3 Å². The minimum atomic E-state index is -1.20. The molecule has 29 heavy (non-hydrogen) atoms. The summed E-state index contributed by atoms with van der Waals surface area (Å²) in [5.41, 5.74) is 10.7. The summed E-state index contributed by atoms with van der Waals surface area (Å²) in [6, 6.07) is 9.21. The summed E-state index contributed by atoms with van der Waals surface area (Å²) in [6.45, 7) is 0.508. The van der Waals surface area contributed by atoms with Crippen molar-refractivity contribution in [3.05, 3.63) is 68.5 Å². The number of carbonyl (C=O) groups excluding carboxylic acids is 1. The molecule has 0 saturated heterocycles. The fraction of sp³-hybridized carbons (Fsp3) is 0.263. The van der Waals surface area contributed by atoms with Crippen LogP contribution in [0.3, 0.4) is 0 Å². The van der Waals surface area contributed by atoms with Gasteiger partial charge in [0.15, 0.2) is 5.96 Å². The number of benzene rings is 1. The molecule has 2 aromatic rings. The van der Waals surface area contributed by atoms with E-state index in [2.05, 4.69) is 26.2 Å². The van der Waals surface area contributed by atoms with Gasteiger partial charge in [0.05, 0.1) is 6.54 Å². The second-order valence-corrected chi connectivity index (χ2v) is 7.11. The summed E-state index contributed by atoms with van der Waals surface area (Å²) < 4.78 is 2.23. The number of aliphatic carboxylic acids is 1. The quantitative estimate of drug-likeness (QED) is 0.246. The SMILES string of the molecule is NC(N)=NCCC[C@H](NC(=O)c1cccn(Cc2ccccc2Br)c1=O)C(=O)O. The lowest BCUT2D eigenvalue weighted by Gasteiger charge is -2.15. The number of nitrogens with two attached hydrogens (primary N) is 2. The third-order valence-corrected chi connectivity index (χ3v) is 4.89. The normalized spacial score (nSPS) is 11.5. The third kappa shape index (κ3) is 6.46. The Labute approximate surface area is 175 Å². The van der Waals surface area contributed by atoms with Crippen LogP contribution < -0.4 is 22.3 Å². The van der Waals surface area contributed by atoms with Crippen molar-refractivity contribution in [1.82, 2.24) is 9.88 Å². The molecular formula is C19H22BrN5O4. The van der Waals surface area contributed by atoms with E-state index in [1.165, 1.54) is 10.6 Å². The standard InChI is InChI=1S/C19H22BrN5O4/c20-14-7-2-1-5-12(14)11-25-10-4-6-13(17(25)27)16(26)24-15(18(28)29)8-3-9-23-19(21)22/h1-2,4-7,10,15H,3,8-9,11H2,(H,24,26)(H,28,29)(H4,21,22,23)/t15-/m0/s1. The van der Waals surface area contributed by atoms with Gasteiger partial charge in [-0.3, -0.25) is 14.6 Å². The summed E-state index contributed by atoms with van der Waals surface area (Å²) in [6.07, 6.45) is 2.05. The summed E-state index contributed by atoms with van der Waals surface area (Å²) in [5.74, 6) is -2.03. The maximum atomic E-state index is 12.7. The van der Waals surface area contributed by atoms with Gasteiger partial charge in [-0.05, 0) is 36.6 Å². The molecule has 0 aliphatic rings. The molecule has 1 aromatic carbocycles. The largest absolute Gasteiger partial charge is 0.480 e. The average molecular weight is 464 g/mol. The van der Waals surface area contributed by atoms with Crippen LogP contribution in [-0.4, -0.2) is 40.1 Å². The molecule has 2 rings (SSSR count). The van der Waals surface area contributed by atoms with E-state index in [0.29, 0.717) is 6.42 Å². The van der Waals surface area contributed by atoms with Crippen LogP contribution in [0.4, 0.5) is 0 Å². The summed E-state index contributed by atoms with van der Waals surface area (Å²) in [4.78, 5) is 40.4. The Morgan fingerprint density at radius 3 is 2.59 bits per heavy atom. The van der Waals surface area contributed by atoms with E-state index in [0.717, 1.165) is 10.0 Å². The molecule has 1 amide bonds. The topological polar surface area (TPSA) is 153 Å². The maximum absolute atomic E-state index is 12.7. The van der Waals surface area contributed by atoms with Gasteiger partial charge in [0.1, 0.15) is 11.6 Å². The van der Waals surface area contributed by atoms with Crippen LogP contribution in [0.2, 0.25) is 0 Å². The van der Waals surface area contributed by atoms with Crippen LogP contribution in [0, 0.1) is 0 Å². The summed E-state index contributed by atoms with van der Waals surface area (Å²) in [5, 5.41) is 11.7. The molecule has 0 radical (unpaired) electrons. The second-order valence-electron chi connectivity index (χ2n) is 6.26. The molecule has 154 valence electrons. The summed E-state index contributed by atoms with van der Waals surface area (Å²) in [7, 11) is 0. The lowest BCUT2D eigenvalue weighted by molar-refractivity contribution is -0.139. The first-order chi connectivity index (χ1) is 13.8. The maximum Gasteiger partial charge on any atom is 0.326 e. The number of amides is 1. The number of guanidine groups is 1. The molecular weight excluding hydrogens is 442 g/mol. The number of carbonyl (C=O) groups is 2. The number of aromatic nitrogens is 1. The van der Waals surface area contributed by atoms with Crippen molar-refractivity contribution in [3.8, 4) is 0 Å². The number of halogens is 1. The molecule has 0 bridgehead atoms. The zero-order valence-electron chi connectivity index (χ0n) is 15.5. The predicted molar refractivity (Wildman–Crippen MR) is 113 cm³/mol. The zero-order chi connectivity index (χ0) is 21.4. The monoisotopic (exact) mass is 463 g/mol. The third-order valence-electron chi connectivity index (χ3n) is 4.11. The van der Waals surface area contributed by atoms with E-state index in [9.17, 15) is 19.5 Å². The molecule has 0 unspecified atom stereocenters. The van der Waals surface area contributed by atoms with Crippen LogP contribution in [0.1, 0.15) is 28.8 Å². The molecule has 0 aliphatic heterocycles. The molecule has 0 aliphatic carbocycles. The Morgan fingerprint density at radius 1 is 1.21 bits per heavy atom. The minimum Gasteiger partial charge on any atom is -0.480 e. The van der Waals surface area contributed by atoms with Gasteiger partial charge >= 0.3 is 5.97 Å². The number of nitrogens with zero attached hydrogens (tertiary/aromatic N) is 2. The first kappa shape index (κ1) is 22.2. The van der Waals surface area contributed by atoms with Gasteiger partial charge in [0.2, 0.25) is 0 Å². The van der Waals surface area contributed by atoms with E-state index in [4.69, 9.17) is 11.5 Å². The van der Waals surface area contributed by atoms with Gasteiger partial charge in [0, 0.05) is 17.2 Å². The lowest BCUT2D eigenvalue weighted by Crippen LogP contribution is -2.43. The molecule has 0 spiro atoms. The summed E-state index contributed by atoms with van der Waals surface area (Å²) >= 11 is 3.43. The number of hydrogen-bond donors (Lipinski definition) is 4. The number of nitrogens with one attached hydrogen (secondary N) is 1. The van der Waals surface area contributed by atoms with Crippen LogP contribution in [0.15, 0.2) is 56.9 Å².